The van der Waals surface area contributed by atoms with Crippen LogP contribution in [0.15, 0.2) is 12.2 Å². The van der Waals surface area contributed by atoms with Crippen LogP contribution in [0.5, 0.6) is 0 Å². The molecule has 0 aromatic heterocycles. The van der Waals surface area contributed by atoms with Crippen molar-refractivity contribution in [3.8, 4) is 0 Å². The molecule has 16 heavy (non-hydrogen) atoms. The average Bonchev–Trinajstić information content (AvgIpc) is 2.15. The van der Waals surface area contributed by atoms with E-state index in [2.05, 4.69) is 6.08 Å². The van der Waals surface area contributed by atoms with Gasteiger partial charge in [0.2, 0.25) is 0 Å². The van der Waals surface area contributed by atoms with E-state index in [4.69, 9.17) is 4.74 Å². The lowest BCUT2D eigenvalue weighted by molar-refractivity contribution is -0.129. The van der Waals surface area contributed by atoms with Crippen LogP contribution in [0.2, 0.25) is 0 Å². The number of ether oxygens (including phenoxy) is 1. The van der Waals surface area contributed by atoms with Crippen molar-refractivity contribution in [2.24, 2.45) is 5.92 Å². The SMILES string of the molecule is C[C@@H]1C=CCC[C@H]1N(O)C(=O)OC(C)(C)C. The van der Waals surface area contributed by atoms with Crippen LogP contribution < -0.4 is 0 Å². The molecule has 0 bridgehead atoms. The summed E-state index contributed by atoms with van der Waals surface area (Å²) in [6.45, 7) is 7.32. The Bertz CT molecular complexity index is 280. The molecule has 1 aliphatic carbocycles. The zero-order valence-electron chi connectivity index (χ0n) is 10.4. The van der Waals surface area contributed by atoms with E-state index in [1.54, 1.807) is 20.8 Å². The van der Waals surface area contributed by atoms with Gasteiger partial charge < -0.3 is 4.74 Å². The second-order valence-corrected chi connectivity index (χ2v) is 5.26. The molecule has 4 nitrogen and oxygen atoms in total. The standard InChI is InChI=1S/C12H21NO3/c1-9-7-5-6-8-10(9)13(15)11(14)16-12(2,3)4/h5,7,9-10,15H,6,8H2,1-4H3/t9-,10-/m1/s1. The average molecular weight is 227 g/mol. The summed E-state index contributed by atoms with van der Waals surface area (Å²) < 4.78 is 5.11. The number of rotatable bonds is 1. The molecule has 0 fully saturated rings. The Morgan fingerprint density at radius 1 is 1.50 bits per heavy atom. The first-order valence-electron chi connectivity index (χ1n) is 5.69. The predicted octanol–water partition coefficient (Wildman–Crippen LogP) is 2.97. The van der Waals surface area contributed by atoms with E-state index >= 15 is 0 Å². The van der Waals surface area contributed by atoms with E-state index in [1.165, 1.54) is 0 Å². The number of hydroxylamine groups is 2. The van der Waals surface area contributed by atoms with Crippen LogP contribution in [0, 0.1) is 5.92 Å². The predicted molar refractivity (Wildman–Crippen MR) is 61.2 cm³/mol. The lowest BCUT2D eigenvalue weighted by atomic mass is 9.92. The minimum atomic E-state index is -0.667. The molecular weight excluding hydrogens is 206 g/mol. The van der Waals surface area contributed by atoms with Gasteiger partial charge in [-0.15, -0.1) is 0 Å². The van der Waals surface area contributed by atoms with Crippen molar-refractivity contribution in [1.29, 1.82) is 0 Å². The van der Waals surface area contributed by atoms with Gasteiger partial charge in [-0.05, 0) is 39.5 Å². The highest BCUT2D eigenvalue weighted by atomic mass is 16.6. The summed E-state index contributed by atoms with van der Waals surface area (Å²) >= 11 is 0. The van der Waals surface area contributed by atoms with Crippen molar-refractivity contribution in [3.05, 3.63) is 12.2 Å². The number of allylic oxidation sites excluding steroid dienone is 1. The minimum absolute atomic E-state index is 0.159. The van der Waals surface area contributed by atoms with Gasteiger partial charge in [0.1, 0.15) is 5.60 Å². The molecule has 2 atom stereocenters. The topological polar surface area (TPSA) is 49.8 Å². The summed E-state index contributed by atoms with van der Waals surface area (Å²) in [7, 11) is 0. The molecular formula is C12H21NO3. The molecule has 0 aromatic rings. The molecule has 4 heteroatoms. The smallest absolute Gasteiger partial charge is 0.434 e. The fraction of sp³-hybridized carbons (Fsp3) is 0.750. The Labute approximate surface area is 96.8 Å². The Morgan fingerprint density at radius 2 is 2.12 bits per heavy atom. The Hall–Kier alpha value is -1.03. The largest absolute Gasteiger partial charge is 0.442 e. The van der Waals surface area contributed by atoms with Crippen LogP contribution in [-0.4, -0.2) is 28.0 Å². The van der Waals surface area contributed by atoms with Gasteiger partial charge in [0.25, 0.3) is 0 Å². The van der Waals surface area contributed by atoms with Crippen molar-refractivity contribution in [2.45, 2.75) is 52.2 Å². The molecule has 0 spiro atoms. The van der Waals surface area contributed by atoms with Crippen LogP contribution >= 0.6 is 0 Å². The number of hydrogen-bond acceptors (Lipinski definition) is 3. The van der Waals surface area contributed by atoms with Gasteiger partial charge in [0, 0.05) is 0 Å². The van der Waals surface area contributed by atoms with Gasteiger partial charge in [-0.2, -0.15) is 5.06 Å². The highest BCUT2D eigenvalue weighted by Gasteiger charge is 2.30. The fourth-order valence-electron chi connectivity index (χ4n) is 1.76. The maximum Gasteiger partial charge on any atom is 0.434 e. The molecule has 92 valence electrons. The summed E-state index contributed by atoms with van der Waals surface area (Å²) in [5.74, 6) is 0.159. The van der Waals surface area contributed by atoms with Crippen molar-refractivity contribution < 1.29 is 14.7 Å². The van der Waals surface area contributed by atoms with E-state index in [1.807, 2.05) is 13.0 Å². The van der Waals surface area contributed by atoms with Crippen molar-refractivity contribution in [1.82, 2.24) is 5.06 Å². The van der Waals surface area contributed by atoms with Crippen LogP contribution in [0.1, 0.15) is 40.5 Å². The highest BCUT2D eigenvalue weighted by Crippen LogP contribution is 2.23. The Morgan fingerprint density at radius 3 is 2.62 bits per heavy atom. The van der Waals surface area contributed by atoms with E-state index in [9.17, 15) is 10.0 Å². The molecule has 0 radical (unpaired) electrons. The van der Waals surface area contributed by atoms with Gasteiger partial charge in [0.15, 0.2) is 0 Å². The number of carbonyl (C=O) groups is 1. The van der Waals surface area contributed by atoms with E-state index < -0.39 is 11.7 Å². The molecule has 0 aliphatic heterocycles. The Kier molecular flexibility index (Phi) is 3.97. The van der Waals surface area contributed by atoms with Gasteiger partial charge in [0.05, 0.1) is 6.04 Å². The molecule has 1 aliphatic rings. The minimum Gasteiger partial charge on any atom is -0.442 e. The first-order valence-corrected chi connectivity index (χ1v) is 5.69. The number of nitrogens with zero attached hydrogens (tertiary/aromatic N) is 1. The molecule has 0 saturated carbocycles. The molecule has 1 N–H and O–H groups in total. The summed E-state index contributed by atoms with van der Waals surface area (Å²) in [6.07, 6.45) is 5.08. The molecule has 0 saturated heterocycles. The monoisotopic (exact) mass is 227 g/mol. The second kappa shape index (κ2) is 4.87. The zero-order valence-corrected chi connectivity index (χ0v) is 10.4. The first kappa shape index (κ1) is 13.0. The van der Waals surface area contributed by atoms with Gasteiger partial charge in [-0.1, -0.05) is 19.1 Å². The van der Waals surface area contributed by atoms with E-state index in [-0.39, 0.29) is 12.0 Å². The maximum atomic E-state index is 11.6. The molecule has 1 amide bonds. The van der Waals surface area contributed by atoms with E-state index in [0.717, 1.165) is 17.9 Å². The molecule has 1 rings (SSSR count). The summed E-state index contributed by atoms with van der Waals surface area (Å²) in [5.41, 5.74) is -0.578. The van der Waals surface area contributed by atoms with Gasteiger partial charge in [-0.25, -0.2) is 4.79 Å². The third-order valence-electron chi connectivity index (χ3n) is 2.57. The lowest BCUT2D eigenvalue weighted by Gasteiger charge is -2.32. The normalized spacial score (nSPS) is 25.3. The van der Waals surface area contributed by atoms with E-state index in [0.29, 0.717) is 0 Å². The zero-order chi connectivity index (χ0) is 12.3. The number of hydrogen-bond donors (Lipinski definition) is 1. The summed E-state index contributed by atoms with van der Waals surface area (Å²) in [5, 5.41) is 10.5. The van der Waals surface area contributed by atoms with Gasteiger partial charge >= 0.3 is 6.09 Å². The lowest BCUT2D eigenvalue weighted by Crippen LogP contribution is -2.44. The van der Waals surface area contributed by atoms with Crippen LogP contribution in [0.4, 0.5) is 4.79 Å². The summed E-state index contributed by atoms with van der Waals surface area (Å²) in [6, 6.07) is -0.181. The van der Waals surface area contributed by atoms with Crippen LogP contribution in [0.25, 0.3) is 0 Å². The van der Waals surface area contributed by atoms with Gasteiger partial charge in [-0.3, -0.25) is 5.21 Å². The quantitative estimate of drug-likeness (QED) is 0.425. The molecule has 0 unspecified atom stereocenters. The maximum absolute atomic E-state index is 11.6. The fourth-order valence-corrected chi connectivity index (χ4v) is 1.76. The van der Waals surface area contributed by atoms with Crippen LogP contribution in [0.3, 0.4) is 0 Å². The molecule has 0 heterocycles. The first-order chi connectivity index (χ1) is 7.31. The highest BCUT2D eigenvalue weighted by molar-refractivity contribution is 5.67. The number of amides is 1. The summed E-state index contributed by atoms with van der Waals surface area (Å²) in [4.78, 5) is 11.6. The van der Waals surface area contributed by atoms with Crippen molar-refractivity contribution >= 4 is 6.09 Å². The van der Waals surface area contributed by atoms with Crippen LogP contribution in [-0.2, 0) is 4.74 Å². The number of carbonyl (C=O) groups excluding carboxylic acids is 1. The Balaban J connectivity index is 2.60. The van der Waals surface area contributed by atoms with Crippen molar-refractivity contribution in [2.75, 3.05) is 0 Å². The third kappa shape index (κ3) is 3.52. The van der Waals surface area contributed by atoms with Crippen molar-refractivity contribution in [3.63, 3.8) is 0 Å². The second-order valence-electron chi connectivity index (χ2n) is 5.26. The third-order valence-corrected chi connectivity index (χ3v) is 2.57. The molecule has 0 aromatic carbocycles.